The van der Waals surface area contributed by atoms with Crippen molar-refractivity contribution in [3.63, 3.8) is 0 Å². The molecule has 0 aliphatic heterocycles. The number of hydrogen-bond donors (Lipinski definition) is 0. The van der Waals surface area contributed by atoms with Crippen molar-refractivity contribution in [3.05, 3.63) is 99.7 Å². The van der Waals surface area contributed by atoms with Gasteiger partial charge in [0.1, 0.15) is 11.1 Å². The molecule has 0 bridgehead atoms. The maximum absolute atomic E-state index is 13.6. The summed E-state index contributed by atoms with van der Waals surface area (Å²) in [6, 6.07) is 18.3. The van der Waals surface area contributed by atoms with Crippen LogP contribution in [0, 0.1) is 13.8 Å². The zero-order valence-electron chi connectivity index (χ0n) is 17.5. The molecule has 0 fully saturated rings. The number of aryl methyl sites for hydroxylation is 2. The van der Waals surface area contributed by atoms with E-state index in [0.29, 0.717) is 21.8 Å². The fourth-order valence-corrected chi connectivity index (χ4v) is 4.73. The lowest BCUT2D eigenvalue weighted by molar-refractivity contribution is 0.0981. The van der Waals surface area contributed by atoms with Crippen LogP contribution in [0.3, 0.4) is 0 Å². The summed E-state index contributed by atoms with van der Waals surface area (Å²) in [5.41, 5.74) is 3.45. The van der Waals surface area contributed by atoms with E-state index in [-0.39, 0.29) is 12.1 Å². The number of fused-ring (bicyclic) bond motifs is 2. The van der Waals surface area contributed by atoms with Gasteiger partial charge in [-0.1, -0.05) is 41.7 Å². The van der Waals surface area contributed by atoms with Crippen molar-refractivity contribution >= 4 is 43.6 Å². The Morgan fingerprint density at radius 2 is 1.88 bits per heavy atom. The lowest BCUT2D eigenvalue weighted by Crippen LogP contribution is -2.33. The van der Waals surface area contributed by atoms with Crippen LogP contribution in [0.15, 0.2) is 76.1 Å². The van der Waals surface area contributed by atoms with Gasteiger partial charge in [0.15, 0.2) is 5.13 Å². The second kappa shape index (κ2) is 8.01. The molecule has 0 saturated heterocycles. The van der Waals surface area contributed by atoms with Gasteiger partial charge in [-0.15, -0.1) is 0 Å². The van der Waals surface area contributed by atoms with Crippen molar-refractivity contribution < 1.29 is 9.21 Å². The Bertz CT molecular complexity index is 1520. The standard InChI is InChI=1S/C25H19N3O3S/c1-15-11-16(2)22-20(12-15)27-25(32-22)28(14-18-8-5-6-10-26-18)23(29)19-13-17-7-3-4-9-21(17)31-24(19)30/h3-13H,14H2,1-2H3. The van der Waals surface area contributed by atoms with Gasteiger partial charge >= 0.3 is 5.63 Å². The van der Waals surface area contributed by atoms with Gasteiger partial charge in [0.2, 0.25) is 0 Å². The largest absolute Gasteiger partial charge is 0.422 e. The molecule has 0 aliphatic carbocycles. The molecule has 0 atom stereocenters. The van der Waals surface area contributed by atoms with Crippen LogP contribution in [0.5, 0.6) is 0 Å². The Kier molecular flexibility index (Phi) is 5.03. The van der Waals surface area contributed by atoms with Crippen molar-refractivity contribution in [1.82, 2.24) is 9.97 Å². The maximum atomic E-state index is 13.6. The summed E-state index contributed by atoms with van der Waals surface area (Å²) in [5.74, 6) is -0.469. The zero-order chi connectivity index (χ0) is 22.2. The van der Waals surface area contributed by atoms with Gasteiger partial charge in [-0.3, -0.25) is 14.7 Å². The van der Waals surface area contributed by atoms with Gasteiger partial charge < -0.3 is 4.42 Å². The molecule has 0 N–H and O–H groups in total. The van der Waals surface area contributed by atoms with Crippen molar-refractivity contribution in [2.24, 2.45) is 0 Å². The third kappa shape index (κ3) is 3.67. The Balaban J connectivity index is 1.65. The van der Waals surface area contributed by atoms with Gasteiger partial charge in [0.25, 0.3) is 5.91 Å². The highest BCUT2D eigenvalue weighted by atomic mass is 32.1. The predicted octanol–water partition coefficient (Wildman–Crippen LogP) is 5.26. The molecule has 7 heteroatoms. The highest BCUT2D eigenvalue weighted by Crippen LogP contribution is 2.33. The van der Waals surface area contributed by atoms with Crippen LogP contribution in [0.2, 0.25) is 0 Å². The average molecular weight is 442 g/mol. The zero-order valence-corrected chi connectivity index (χ0v) is 18.3. The molecule has 3 aromatic heterocycles. The van der Waals surface area contributed by atoms with Crippen LogP contribution in [-0.2, 0) is 6.54 Å². The third-order valence-corrected chi connectivity index (χ3v) is 6.43. The van der Waals surface area contributed by atoms with Gasteiger partial charge in [0.05, 0.1) is 22.5 Å². The summed E-state index contributed by atoms with van der Waals surface area (Å²) in [5, 5.41) is 1.20. The molecule has 6 nitrogen and oxygen atoms in total. The minimum atomic E-state index is -0.673. The lowest BCUT2D eigenvalue weighted by Gasteiger charge is -2.19. The minimum absolute atomic E-state index is 0.0354. The number of thiazole rings is 1. The maximum Gasteiger partial charge on any atom is 0.349 e. The van der Waals surface area contributed by atoms with E-state index in [2.05, 4.69) is 11.1 Å². The fourth-order valence-electron chi connectivity index (χ4n) is 3.72. The van der Waals surface area contributed by atoms with E-state index >= 15 is 0 Å². The molecular formula is C25H19N3O3S. The normalized spacial score (nSPS) is 11.2. The average Bonchev–Trinajstić information content (AvgIpc) is 3.21. The summed E-state index contributed by atoms with van der Waals surface area (Å²) in [7, 11) is 0. The summed E-state index contributed by atoms with van der Waals surface area (Å²) < 4.78 is 6.42. The summed E-state index contributed by atoms with van der Waals surface area (Å²) in [4.78, 5) is 36.9. The highest BCUT2D eigenvalue weighted by molar-refractivity contribution is 7.22. The Labute approximate surface area is 187 Å². The first-order valence-corrected chi connectivity index (χ1v) is 10.9. The summed E-state index contributed by atoms with van der Waals surface area (Å²) in [6.07, 6.45) is 1.67. The van der Waals surface area contributed by atoms with Crippen molar-refractivity contribution in [2.75, 3.05) is 4.90 Å². The highest BCUT2D eigenvalue weighted by Gasteiger charge is 2.26. The number of para-hydroxylation sites is 1. The molecule has 5 aromatic rings. The first-order valence-electron chi connectivity index (χ1n) is 10.1. The first-order chi connectivity index (χ1) is 15.5. The molecule has 1 amide bonds. The third-order valence-electron chi connectivity index (χ3n) is 5.20. The fraction of sp³-hybridized carbons (Fsp3) is 0.120. The minimum Gasteiger partial charge on any atom is -0.422 e. The van der Waals surface area contributed by atoms with Gasteiger partial charge in [-0.25, -0.2) is 9.78 Å². The number of carbonyl (C=O) groups is 1. The van der Waals surface area contributed by atoms with E-state index in [4.69, 9.17) is 9.40 Å². The molecule has 0 spiro atoms. The SMILES string of the molecule is Cc1cc(C)c2sc(N(Cc3ccccn3)C(=O)c3cc4ccccc4oc3=O)nc2c1. The van der Waals surface area contributed by atoms with Crippen LogP contribution in [0.25, 0.3) is 21.2 Å². The van der Waals surface area contributed by atoms with Crippen LogP contribution in [-0.4, -0.2) is 15.9 Å². The number of anilines is 1. The van der Waals surface area contributed by atoms with Crippen LogP contribution >= 0.6 is 11.3 Å². The second-order valence-corrected chi connectivity index (χ2v) is 8.60. The molecule has 32 heavy (non-hydrogen) atoms. The Morgan fingerprint density at radius 1 is 1.06 bits per heavy atom. The smallest absolute Gasteiger partial charge is 0.349 e. The number of hydrogen-bond acceptors (Lipinski definition) is 6. The van der Waals surface area contributed by atoms with Gasteiger partial charge in [-0.05, 0) is 55.3 Å². The number of nitrogens with zero attached hydrogens (tertiary/aromatic N) is 3. The molecule has 158 valence electrons. The van der Waals surface area contributed by atoms with E-state index < -0.39 is 11.5 Å². The number of aromatic nitrogens is 2. The van der Waals surface area contributed by atoms with Gasteiger partial charge in [0, 0.05) is 11.6 Å². The summed E-state index contributed by atoms with van der Waals surface area (Å²) in [6.45, 7) is 4.23. The van der Waals surface area contributed by atoms with Crippen LogP contribution in [0.4, 0.5) is 5.13 Å². The van der Waals surface area contributed by atoms with Crippen LogP contribution in [0.1, 0.15) is 27.2 Å². The van der Waals surface area contributed by atoms with Gasteiger partial charge in [-0.2, -0.15) is 0 Å². The van der Waals surface area contributed by atoms with E-state index in [9.17, 15) is 9.59 Å². The van der Waals surface area contributed by atoms with E-state index in [0.717, 1.165) is 21.3 Å². The number of amides is 1. The topological polar surface area (TPSA) is 76.3 Å². The second-order valence-electron chi connectivity index (χ2n) is 7.62. The number of benzene rings is 2. The lowest BCUT2D eigenvalue weighted by atomic mass is 10.1. The van der Waals surface area contributed by atoms with Crippen molar-refractivity contribution in [3.8, 4) is 0 Å². The molecule has 3 heterocycles. The number of carbonyl (C=O) groups excluding carboxylic acids is 1. The summed E-state index contributed by atoms with van der Waals surface area (Å²) >= 11 is 1.43. The molecule has 5 rings (SSSR count). The quantitative estimate of drug-likeness (QED) is 0.356. The Hall–Kier alpha value is -3.84. The van der Waals surface area contributed by atoms with Crippen molar-refractivity contribution in [1.29, 1.82) is 0 Å². The number of rotatable bonds is 4. The number of pyridine rings is 1. The monoisotopic (exact) mass is 441 g/mol. The molecular weight excluding hydrogens is 422 g/mol. The molecule has 0 saturated carbocycles. The van der Waals surface area contributed by atoms with E-state index in [1.165, 1.54) is 16.2 Å². The van der Waals surface area contributed by atoms with Crippen LogP contribution < -0.4 is 10.5 Å². The first kappa shape index (κ1) is 20.1. The van der Waals surface area contributed by atoms with E-state index in [1.807, 2.05) is 50.2 Å². The molecule has 0 radical (unpaired) electrons. The molecule has 2 aromatic carbocycles. The predicted molar refractivity (Wildman–Crippen MR) is 126 cm³/mol. The molecule has 0 aliphatic rings. The molecule has 0 unspecified atom stereocenters. The van der Waals surface area contributed by atoms with Crippen molar-refractivity contribution in [2.45, 2.75) is 20.4 Å². The Morgan fingerprint density at radius 3 is 2.69 bits per heavy atom. The van der Waals surface area contributed by atoms with E-state index in [1.54, 1.807) is 24.4 Å².